The summed E-state index contributed by atoms with van der Waals surface area (Å²) in [7, 11) is 0. The summed E-state index contributed by atoms with van der Waals surface area (Å²) in [5, 5.41) is -0.250. The molecule has 0 aromatic heterocycles. The van der Waals surface area contributed by atoms with E-state index in [4.69, 9.17) is 0 Å². The van der Waals surface area contributed by atoms with Gasteiger partial charge < -0.3 is 0 Å². The summed E-state index contributed by atoms with van der Waals surface area (Å²) in [6, 6.07) is 0. The average Bonchev–Trinajstić information content (AvgIpc) is 1.65. The fourth-order valence-electron chi connectivity index (χ4n) is 0.129. The number of hydrogen-bond acceptors (Lipinski definition) is 1. The van der Waals surface area contributed by atoms with Crippen LogP contribution < -0.4 is 0 Å². The Balaban J connectivity index is 3.56. The van der Waals surface area contributed by atoms with Crippen LogP contribution in [0.3, 0.4) is 0 Å². The van der Waals surface area contributed by atoms with Crippen molar-refractivity contribution >= 4 is 64.0 Å². The fraction of sp³-hybridized carbons (Fsp3) is 0.333. The normalized spacial score (nSPS) is 12.9. The highest BCUT2D eigenvalue weighted by Crippen LogP contribution is 2.55. The Morgan fingerprint density at radius 1 is 1.62 bits per heavy atom. The summed E-state index contributed by atoms with van der Waals surface area (Å²) < 4.78 is 1.16. The van der Waals surface area contributed by atoms with Crippen molar-refractivity contribution in [2.45, 2.75) is 0 Å². The van der Waals surface area contributed by atoms with Gasteiger partial charge in [-0.3, -0.25) is 0 Å². The van der Waals surface area contributed by atoms with Crippen LogP contribution in [0.2, 0.25) is 0 Å². The van der Waals surface area contributed by atoms with Gasteiger partial charge in [0, 0.05) is 0 Å². The minimum atomic E-state index is -0.250. The topological polar surface area (TPSA) is 0 Å². The van der Waals surface area contributed by atoms with Crippen LogP contribution >= 0.6 is 64.0 Å². The standard InChI is InChI=1S/C3H4Br3PS/c1-8-3(4)2-7(5)6/h2H,1H3/b3-2-. The van der Waals surface area contributed by atoms with Crippen LogP contribution in [0, 0.1) is 0 Å². The van der Waals surface area contributed by atoms with Crippen LogP contribution in [-0.2, 0) is 0 Å². The molecule has 0 rings (SSSR count). The van der Waals surface area contributed by atoms with Crippen LogP contribution in [0.1, 0.15) is 0 Å². The molecule has 0 amide bonds. The van der Waals surface area contributed by atoms with Crippen molar-refractivity contribution in [1.82, 2.24) is 0 Å². The molecule has 0 saturated carbocycles. The lowest BCUT2D eigenvalue weighted by molar-refractivity contribution is 2.39. The third kappa shape index (κ3) is 6.09. The maximum atomic E-state index is 3.38. The molecule has 0 atom stereocenters. The minimum absolute atomic E-state index is 0.250. The zero-order valence-corrected chi connectivity index (χ0v) is 10.5. The van der Waals surface area contributed by atoms with E-state index in [1.54, 1.807) is 11.8 Å². The second-order valence-electron chi connectivity index (χ2n) is 0.896. The quantitative estimate of drug-likeness (QED) is 0.658. The first-order chi connectivity index (χ1) is 3.66. The van der Waals surface area contributed by atoms with Gasteiger partial charge in [0.05, 0.1) is 9.14 Å². The molecule has 0 saturated heterocycles. The van der Waals surface area contributed by atoms with Gasteiger partial charge in [0.1, 0.15) is 0 Å². The molecular weight excluding hydrogens is 339 g/mol. The van der Waals surface area contributed by atoms with E-state index in [-0.39, 0.29) is 5.33 Å². The first-order valence-corrected chi connectivity index (χ1v) is 9.15. The van der Waals surface area contributed by atoms with Crippen molar-refractivity contribution in [3.05, 3.63) is 9.63 Å². The van der Waals surface area contributed by atoms with Gasteiger partial charge in [-0.05, 0) is 59.0 Å². The van der Waals surface area contributed by atoms with Crippen LogP contribution in [0.4, 0.5) is 0 Å². The Kier molecular flexibility index (Phi) is 7.12. The zero-order valence-electron chi connectivity index (χ0n) is 4.07. The molecule has 48 valence electrons. The zero-order chi connectivity index (χ0) is 6.57. The molecule has 0 nitrogen and oxygen atoms in total. The summed E-state index contributed by atoms with van der Waals surface area (Å²) in [6.07, 6.45) is 2.03. The molecule has 5 heteroatoms. The van der Waals surface area contributed by atoms with Crippen molar-refractivity contribution in [3.63, 3.8) is 0 Å². The first-order valence-electron chi connectivity index (χ1n) is 1.69. The maximum Gasteiger partial charge on any atom is 0.0597 e. The molecule has 0 N–H and O–H groups in total. The van der Waals surface area contributed by atoms with E-state index >= 15 is 0 Å². The monoisotopic (exact) mass is 340 g/mol. The lowest BCUT2D eigenvalue weighted by Crippen LogP contribution is -1.50. The Hall–Kier alpha value is 1.96. The van der Waals surface area contributed by atoms with E-state index in [0.717, 1.165) is 3.81 Å². The summed E-state index contributed by atoms with van der Waals surface area (Å²) in [5.74, 6) is 2.08. The van der Waals surface area contributed by atoms with E-state index < -0.39 is 0 Å². The molecule has 0 radical (unpaired) electrons. The van der Waals surface area contributed by atoms with Gasteiger partial charge >= 0.3 is 0 Å². The second-order valence-corrected chi connectivity index (χ2v) is 11.3. The largest absolute Gasteiger partial charge is 0.122 e. The number of hydrogen-bond donors (Lipinski definition) is 0. The third-order valence-electron chi connectivity index (χ3n) is 0.394. The molecule has 0 unspecified atom stereocenters. The van der Waals surface area contributed by atoms with E-state index in [1.807, 2.05) is 6.26 Å². The number of halogens is 3. The number of thioether (sulfide) groups is 1. The van der Waals surface area contributed by atoms with E-state index in [1.165, 1.54) is 0 Å². The molecule has 0 heterocycles. The Morgan fingerprint density at radius 3 is 2.25 bits per heavy atom. The molecule has 0 aliphatic heterocycles. The smallest absolute Gasteiger partial charge is 0.0597 e. The van der Waals surface area contributed by atoms with Crippen molar-refractivity contribution < 1.29 is 0 Å². The minimum Gasteiger partial charge on any atom is -0.122 e. The van der Waals surface area contributed by atoms with Gasteiger partial charge in [-0.2, -0.15) is 0 Å². The maximum absolute atomic E-state index is 3.38. The van der Waals surface area contributed by atoms with Gasteiger partial charge in [0.2, 0.25) is 0 Å². The predicted molar refractivity (Wildman–Crippen MR) is 55.3 cm³/mol. The highest BCUT2D eigenvalue weighted by molar-refractivity contribution is 9.69. The molecular formula is C3H4Br3PS. The molecule has 0 fully saturated rings. The van der Waals surface area contributed by atoms with Gasteiger partial charge in [-0.1, -0.05) is 0 Å². The summed E-state index contributed by atoms with van der Waals surface area (Å²) >= 11 is 11.8. The third-order valence-corrected chi connectivity index (χ3v) is 4.31. The van der Waals surface area contributed by atoms with Crippen molar-refractivity contribution in [3.8, 4) is 0 Å². The molecule has 8 heavy (non-hydrogen) atoms. The van der Waals surface area contributed by atoms with Gasteiger partial charge in [0.25, 0.3) is 0 Å². The van der Waals surface area contributed by atoms with Crippen LogP contribution in [0.15, 0.2) is 9.63 Å². The van der Waals surface area contributed by atoms with E-state index in [2.05, 4.69) is 52.7 Å². The highest BCUT2D eigenvalue weighted by Gasteiger charge is 1.92. The lowest BCUT2D eigenvalue weighted by Gasteiger charge is -1.91. The molecule has 0 aliphatic rings. The number of rotatable bonds is 2. The summed E-state index contributed by atoms with van der Waals surface area (Å²) in [6.45, 7) is 0. The van der Waals surface area contributed by atoms with E-state index in [9.17, 15) is 0 Å². The first kappa shape index (κ1) is 9.96. The second kappa shape index (κ2) is 5.72. The van der Waals surface area contributed by atoms with Gasteiger partial charge in [0.15, 0.2) is 0 Å². The molecule has 0 aromatic carbocycles. The van der Waals surface area contributed by atoms with E-state index in [0.29, 0.717) is 0 Å². The Labute approximate surface area is 79.2 Å². The molecule has 0 aromatic rings. The van der Waals surface area contributed by atoms with Crippen molar-refractivity contribution in [2.24, 2.45) is 0 Å². The summed E-state index contributed by atoms with van der Waals surface area (Å²) in [5.41, 5.74) is 0. The Morgan fingerprint density at radius 2 is 2.12 bits per heavy atom. The Bertz CT molecular complexity index is 92.5. The fourth-order valence-corrected chi connectivity index (χ4v) is 5.33. The molecule has 0 spiro atoms. The van der Waals surface area contributed by atoms with Crippen molar-refractivity contribution in [1.29, 1.82) is 0 Å². The summed E-state index contributed by atoms with van der Waals surface area (Å²) in [4.78, 5) is 0. The SMILES string of the molecule is CS/C(Br)=C\P(Br)Br. The molecule has 0 aliphatic carbocycles. The van der Waals surface area contributed by atoms with Gasteiger partial charge in [-0.25, -0.2) is 0 Å². The van der Waals surface area contributed by atoms with Crippen LogP contribution in [0.25, 0.3) is 0 Å². The average molecular weight is 343 g/mol. The van der Waals surface area contributed by atoms with Crippen molar-refractivity contribution in [2.75, 3.05) is 6.26 Å². The van der Waals surface area contributed by atoms with Crippen LogP contribution in [0.5, 0.6) is 0 Å². The van der Waals surface area contributed by atoms with Crippen LogP contribution in [-0.4, -0.2) is 6.26 Å². The molecule has 0 bridgehead atoms. The predicted octanol–water partition coefficient (Wildman–Crippen LogP) is 4.64. The van der Waals surface area contributed by atoms with Gasteiger partial charge in [-0.15, -0.1) is 11.8 Å². The highest BCUT2D eigenvalue weighted by atomic mass is 79.9. The lowest BCUT2D eigenvalue weighted by atomic mass is 11.2.